The molecule has 0 aliphatic carbocycles. The van der Waals surface area contributed by atoms with Gasteiger partial charge >= 0.3 is 11.9 Å². The summed E-state index contributed by atoms with van der Waals surface area (Å²) in [6, 6.07) is 11.6. The second-order valence-electron chi connectivity index (χ2n) is 10.6. The van der Waals surface area contributed by atoms with Crippen LogP contribution in [0.15, 0.2) is 60.4 Å². The van der Waals surface area contributed by atoms with Gasteiger partial charge in [-0.15, -0.1) is 0 Å². The van der Waals surface area contributed by atoms with E-state index >= 15 is 4.39 Å². The van der Waals surface area contributed by atoms with E-state index in [0.717, 1.165) is 0 Å². The summed E-state index contributed by atoms with van der Waals surface area (Å²) in [5.74, 6) is -1.44. The van der Waals surface area contributed by atoms with Gasteiger partial charge in [-0.05, 0) is 56.7 Å². The number of cyclic esters (lactones) is 1. The van der Waals surface area contributed by atoms with Crippen LogP contribution in [0.25, 0.3) is 6.08 Å². The number of ether oxygens (including phenoxy) is 7. The van der Waals surface area contributed by atoms with Gasteiger partial charge in [0, 0.05) is 19.6 Å². The number of benzene rings is 2. The zero-order chi connectivity index (χ0) is 29.4. The molecule has 0 N–H and O–H groups in total. The Kier molecular flexibility index (Phi) is 7.91. The molecule has 2 bridgehead atoms. The van der Waals surface area contributed by atoms with Crippen LogP contribution in [0.3, 0.4) is 0 Å². The minimum Gasteiger partial charge on any atom is -0.497 e. The van der Waals surface area contributed by atoms with Crippen LogP contribution < -0.4 is 9.47 Å². The van der Waals surface area contributed by atoms with Crippen molar-refractivity contribution in [2.24, 2.45) is 0 Å². The molecule has 218 valence electrons. The molecule has 0 spiro atoms. The minimum atomic E-state index is -1.38. The van der Waals surface area contributed by atoms with Crippen LogP contribution in [0.5, 0.6) is 11.5 Å². The Morgan fingerprint density at radius 2 is 1.88 bits per heavy atom. The lowest BCUT2D eigenvalue weighted by Crippen LogP contribution is -2.40. The van der Waals surface area contributed by atoms with Gasteiger partial charge in [0.1, 0.15) is 46.8 Å². The minimum absolute atomic E-state index is 0.0132. The number of hydrogen-bond acceptors (Lipinski definition) is 9. The van der Waals surface area contributed by atoms with Gasteiger partial charge in [-0.25, -0.2) is 14.0 Å². The Hall–Kier alpha value is -3.73. The van der Waals surface area contributed by atoms with Crippen LogP contribution >= 0.6 is 0 Å². The zero-order valence-corrected chi connectivity index (χ0v) is 23.5. The molecule has 0 amide bonds. The van der Waals surface area contributed by atoms with E-state index in [1.165, 1.54) is 20.3 Å². The molecule has 5 atom stereocenters. The number of rotatable bonds is 6. The van der Waals surface area contributed by atoms with Crippen molar-refractivity contribution >= 4 is 18.0 Å². The van der Waals surface area contributed by atoms with Gasteiger partial charge in [-0.2, -0.15) is 0 Å². The van der Waals surface area contributed by atoms with Gasteiger partial charge < -0.3 is 33.2 Å². The second-order valence-corrected chi connectivity index (χ2v) is 10.6. The summed E-state index contributed by atoms with van der Waals surface area (Å²) in [5, 5.41) is 0. The molecule has 3 heterocycles. The molecule has 3 aliphatic heterocycles. The first-order valence-electron chi connectivity index (χ1n) is 13.3. The fourth-order valence-corrected chi connectivity index (χ4v) is 5.27. The van der Waals surface area contributed by atoms with Gasteiger partial charge in [0.2, 0.25) is 0 Å². The predicted octanol–water partition coefficient (Wildman–Crippen LogP) is 5.03. The third-order valence-corrected chi connectivity index (χ3v) is 7.51. The number of fused-ring (bicyclic) bond motifs is 1. The number of esters is 2. The van der Waals surface area contributed by atoms with E-state index in [2.05, 4.69) is 0 Å². The Morgan fingerprint density at radius 3 is 2.56 bits per heavy atom. The van der Waals surface area contributed by atoms with Crippen molar-refractivity contribution in [3.63, 3.8) is 0 Å². The molecule has 9 nitrogen and oxygen atoms in total. The van der Waals surface area contributed by atoms with Gasteiger partial charge in [0.05, 0.1) is 18.3 Å². The molecule has 41 heavy (non-hydrogen) atoms. The van der Waals surface area contributed by atoms with Crippen LogP contribution in [0, 0.1) is 0 Å². The summed E-state index contributed by atoms with van der Waals surface area (Å²) in [5.41, 5.74) is -1.02. The first-order valence-corrected chi connectivity index (χ1v) is 13.3. The molecule has 2 fully saturated rings. The molecule has 0 aromatic heterocycles. The van der Waals surface area contributed by atoms with Crippen LogP contribution in [0.1, 0.15) is 53.5 Å². The fraction of sp³-hybridized carbons (Fsp3) is 0.419. The molecule has 2 aromatic carbocycles. The average Bonchev–Trinajstić information content (AvgIpc) is 3.66. The largest absolute Gasteiger partial charge is 0.497 e. The van der Waals surface area contributed by atoms with Crippen molar-refractivity contribution in [3.8, 4) is 11.5 Å². The summed E-state index contributed by atoms with van der Waals surface area (Å²) < 4.78 is 55.9. The summed E-state index contributed by atoms with van der Waals surface area (Å²) in [6.45, 7) is 5.17. The lowest BCUT2D eigenvalue weighted by Gasteiger charge is -2.30. The smallest absolute Gasteiger partial charge is 0.342 e. The molecule has 0 radical (unpaired) electrons. The van der Waals surface area contributed by atoms with Crippen LogP contribution in [-0.2, 0) is 23.7 Å². The first kappa shape index (κ1) is 28.8. The summed E-state index contributed by atoms with van der Waals surface area (Å²) in [4.78, 5) is 26.4. The summed E-state index contributed by atoms with van der Waals surface area (Å²) in [6.07, 6.45) is 1.09. The lowest BCUT2D eigenvalue weighted by molar-refractivity contribution is -0.132. The van der Waals surface area contributed by atoms with Crippen LogP contribution in [-0.4, -0.2) is 68.6 Å². The highest BCUT2D eigenvalue weighted by Crippen LogP contribution is 2.58. The maximum absolute atomic E-state index is 15.8. The van der Waals surface area contributed by atoms with E-state index in [-0.39, 0.29) is 30.1 Å². The van der Waals surface area contributed by atoms with Gasteiger partial charge in [-0.1, -0.05) is 24.3 Å². The van der Waals surface area contributed by atoms with Crippen molar-refractivity contribution in [3.05, 3.63) is 77.1 Å². The summed E-state index contributed by atoms with van der Waals surface area (Å²) in [7, 11) is 2.97. The van der Waals surface area contributed by atoms with Crippen molar-refractivity contribution in [1.29, 1.82) is 0 Å². The monoisotopic (exact) mass is 568 g/mol. The number of hydrogen-bond donors (Lipinski definition) is 0. The lowest BCUT2D eigenvalue weighted by atomic mass is 9.87. The van der Waals surface area contributed by atoms with Crippen molar-refractivity contribution in [2.45, 2.75) is 62.8 Å². The number of carbonyl (C=O) groups excluding carboxylic acids is 2. The van der Waals surface area contributed by atoms with E-state index in [1.54, 1.807) is 61.5 Å². The van der Waals surface area contributed by atoms with Crippen LogP contribution in [0.4, 0.5) is 4.39 Å². The molecular weight excluding hydrogens is 535 g/mol. The molecule has 2 unspecified atom stereocenters. The van der Waals surface area contributed by atoms with E-state index in [0.29, 0.717) is 11.3 Å². The third-order valence-electron chi connectivity index (χ3n) is 7.51. The predicted molar refractivity (Wildman–Crippen MR) is 145 cm³/mol. The topological polar surface area (TPSA) is 102 Å². The highest BCUT2D eigenvalue weighted by molar-refractivity contribution is 5.97. The second kappa shape index (κ2) is 11.3. The van der Waals surface area contributed by atoms with E-state index in [1.807, 2.05) is 13.8 Å². The Labute approximate surface area is 237 Å². The average molecular weight is 569 g/mol. The van der Waals surface area contributed by atoms with Crippen LogP contribution in [0.2, 0.25) is 0 Å². The zero-order valence-electron chi connectivity index (χ0n) is 23.5. The van der Waals surface area contributed by atoms with Crippen molar-refractivity contribution in [2.75, 3.05) is 21.0 Å². The molecule has 0 saturated carbocycles. The Morgan fingerprint density at radius 1 is 1.12 bits per heavy atom. The number of epoxide rings is 1. The summed E-state index contributed by atoms with van der Waals surface area (Å²) >= 11 is 0. The maximum atomic E-state index is 15.8. The Balaban J connectivity index is 1.57. The molecule has 2 aromatic rings. The fourth-order valence-electron chi connectivity index (χ4n) is 5.27. The van der Waals surface area contributed by atoms with Gasteiger partial charge in [0.25, 0.3) is 0 Å². The highest BCUT2D eigenvalue weighted by atomic mass is 19.1. The van der Waals surface area contributed by atoms with E-state index < -0.39 is 53.4 Å². The molecule has 5 rings (SSSR count). The van der Waals surface area contributed by atoms with E-state index in [9.17, 15) is 9.59 Å². The van der Waals surface area contributed by atoms with E-state index in [4.69, 9.17) is 33.2 Å². The normalized spacial score (nSPS) is 28.3. The molecular formula is C31H33FO9. The Bertz CT molecular complexity index is 1370. The third kappa shape index (κ3) is 5.47. The number of carbonyl (C=O) groups is 2. The first-order chi connectivity index (χ1) is 19.6. The molecule has 10 heteroatoms. The van der Waals surface area contributed by atoms with Gasteiger partial charge in [0.15, 0.2) is 12.9 Å². The molecule has 2 saturated heterocycles. The number of halogens is 1. The SMILES string of the molecule is COCOc1cc(OC)cc2c1C(=O)O[C@@H](C)CC=C(F)C(OC(=O)c1ccccc1)[C@H]1OC(C)(C)C3(C=C2)O[C@H]13. The van der Waals surface area contributed by atoms with Crippen molar-refractivity contribution in [1.82, 2.24) is 0 Å². The van der Waals surface area contributed by atoms with Gasteiger partial charge in [-0.3, -0.25) is 0 Å². The highest BCUT2D eigenvalue weighted by Gasteiger charge is 2.75. The maximum Gasteiger partial charge on any atom is 0.342 e. The molecule has 3 aliphatic rings. The number of methoxy groups -OCH3 is 2. The van der Waals surface area contributed by atoms with Crippen molar-refractivity contribution < 1.29 is 47.1 Å². The quantitative estimate of drug-likeness (QED) is 0.270. The standard InChI is InChI=1S/C31H33FO9/c1-18-11-12-22(32)25(39-28(33)19-9-7-6-8-10-19)26-27-31(41-27,30(2,3)40-26)14-13-20-15-21(36-5)16-23(37-17-35-4)24(20)29(34)38-18/h6-10,12-16,18,25-27H,11,17H2,1-5H3/t18-,25?,26+,27+,31?/m0/s1.